The van der Waals surface area contributed by atoms with E-state index in [1.165, 1.54) is 0 Å². The lowest BCUT2D eigenvalue weighted by atomic mass is 10.1. The Morgan fingerprint density at radius 3 is 2.78 bits per heavy atom. The molecule has 2 amide bonds. The van der Waals surface area contributed by atoms with Gasteiger partial charge in [-0.3, -0.25) is 0 Å². The van der Waals surface area contributed by atoms with E-state index in [-0.39, 0.29) is 12.8 Å². The molecule has 0 radical (unpaired) electrons. The number of rotatable bonds is 4. The standard InChI is InChI=1S/C14H20N2O2/c1-2-12-7-3-4-8-13(12)18-11-15-14(17)16-9-5-6-10-16/h3-4,7-8H,2,5-6,9-11H2,1H3,(H,15,17). The van der Waals surface area contributed by atoms with E-state index in [9.17, 15) is 4.79 Å². The Balaban J connectivity index is 1.79. The lowest BCUT2D eigenvalue weighted by Gasteiger charge is -2.17. The molecule has 4 nitrogen and oxygen atoms in total. The van der Waals surface area contributed by atoms with Crippen LogP contribution in [0.3, 0.4) is 0 Å². The zero-order chi connectivity index (χ0) is 12.8. The van der Waals surface area contributed by atoms with E-state index in [1.807, 2.05) is 29.2 Å². The first-order valence-corrected chi connectivity index (χ1v) is 6.54. The van der Waals surface area contributed by atoms with Gasteiger partial charge in [-0.25, -0.2) is 4.79 Å². The van der Waals surface area contributed by atoms with Gasteiger partial charge in [0.05, 0.1) is 0 Å². The van der Waals surface area contributed by atoms with Crippen molar-refractivity contribution < 1.29 is 9.53 Å². The second-order valence-corrected chi connectivity index (χ2v) is 4.43. The van der Waals surface area contributed by atoms with Crippen LogP contribution in [0, 0.1) is 0 Å². The largest absolute Gasteiger partial charge is 0.473 e. The number of aryl methyl sites for hydroxylation is 1. The van der Waals surface area contributed by atoms with Crippen LogP contribution in [0.25, 0.3) is 0 Å². The van der Waals surface area contributed by atoms with Gasteiger partial charge >= 0.3 is 6.03 Å². The summed E-state index contributed by atoms with van der Waals surface area (Å²) in [6.07, 6.45) is 3.14. The highest BCUT2D eigenvalue weighted by molar-refractivity contribution is 5.74. The van der Waals surface area contributed by atoms with Crippen molar-refractivity contribution in [3.8, 4) is 5.75 Å². The summed E-state index contributed by atoms with van der Waals surface area (Å²) in [4.78, 5) is 13.6. The zero-order valence-corrected chi connectivity index (χ0v) is 10.8. The molecule has 1 saturated heterocycles. The van der Waals surface area contributed by atoms with E-state index in [0.29, 0.717) is 0 Å². The molecule has 0 saturated carbocycles. The lowest BCUT2D eigenvalue weighted by Crippen LogP contribution is -2.39. The van der Waals surface area contributed by atoms with Gasteiger partial charge in [0, 0.05) is 13.1 Å². The third-order valence-electron chi connectivity index (χ3n) is 3.20. The minimum atomic E-state index is -0.0264. The van der Waals surface area contributed by atoms with E-state index in [2.05, 4.69) is 12.2 Å². The average molecular weight is 248 g/mol. The monoisotopic (exact) mass is 248 g/mol. The van der Waals surface area contributed by atoms with Crippen LogP contribution in [0.1, 0.15) is 25.3 Å². The molecule has 0 atom stereocenters. The van der Waals surface area contributed by atoms with Gasteiger partial charge in [0.25, 0.3) is 0 Å². The molecule has 1 aliphatic heterocycles. The van der Waals surface area contributed by atoms with Crippen molar-refractivity contribution >= 4 is 6.03 Å². The number of benzene rings is 1. The lowest BCUT2D eigenvalue weighted by molar-refractivity contribution is 0.194. The second kappa shape index (κ2) is 6.28. The molecule has 1 heterocycles. The molecule has 0 aliphatic carbocycles. The van der Waals surface area contributed by atoms with Crippen molar-refractivity contribution in [1.82, 2.24) is 10.2 Å². The quantitative estimate of drug-likeness (QED) is 0.831. The van der Waals surface area contributed by atoms with Crippen LogP contribution in [0.15, 0.2) is 24.3 Å². The van der Waals surface area contributed by atoms with Gasteiger partial charge in [-0.1, -0.05) is 25.1 Å². The number of nitrogens with zero attached hydrogens (tertiary/aromatic N) is 1. The number of carbonyl (C=O) groups is 1. The molecular weight excluding hydrogens is 228 g/mol. The minimum absolute atomic E-state index is 0.0264. The molecule has 0 spiro atoms. The Kier molecular flexibility index (Phi) is 4.45. The van der Waals surface area contributed by atoms with Crippen LogP contribution in [-0.2, 0) is 6.42 Å². The Hall–Kier alpha value is -1.71. The van der Waals surface area contributed by atoms with Crippen molar-refractivity contribution in [3.63, 3.8) is 0 Å². The fraction of sp³-hybridized carbons (Fsp3) is 0.500. The maximum Gasteiger partial charge on any atom is 0.320 e. The first-order valence-electron chi connectivity index (χ1n) is 6.54. The van der Waals surface area contributed by atoms with Crippen LogP contribution in [-0.4, -0.2) is 30.8 Å². The SMILES string of the molecule is CCc1ccccc1OCNC(=O)N1CCCC1. The maximum atomic E-state index is 11.7. The number of hydrogen-bond acceptors (Lipinski definition) is 2. The number of amides is 2. The fourth-order valence-corrected chi connectivity index (χ4v) is 2.14. The second-order valence-electron chi connectivity index (χ2n) is 4.43. The van der Waals surface area contributed by atoms with Gasteiger partial charge in [-0.15, -0.1) is 0 Å². The van der Waals surface area contributed by atoms with Gasteiger partial charge in [0.15, 0.2) is 6.73 Å². The molecule has 2 rings (SSSR count). The summed E-state index contributed by atoms with van der Waals surface area (Å²) in [6.45, 7) is 4.03. The molecule has 1 aromatic rings. The van der Waals surface area contributed by atoms with Crippen molar-refractivity contribution in [2.24, 2.45) is 0 Å². The summed E-state index contributed by atoms with van der Waals surface area (Å²) in [5.41, 5.74) is 1.16. The van der Waals surface area contributed by atoms with Gasteiger partial charge in [-0.05, 0) is 30.9 Å². The number of urea groups is 1. The Labute approximate surface area is 108 Å². The Morgan fingerprint density at radius 2 is 2.06 bits per heavy atom. The van der Waals surface area contributed by atoms with E-state index >= 15 is 0 Å². The Bertz CT molecular complexity index is 401. The van der Waals surface area contributed by atoms with Crippen molar-refractivity contribution in [1.29, 1.82) is 0 Å². The summed E-state index contributed by atoms with van der Waals surface area (Å²) in [5, 5.41) is 2.79. The topological polar surface area (TPSA) is 41.6 Å². The van der Waals surface area contributed by atoms with E-state index in [1.54, 1.807) is 0 Å². The predicted octanol–water partition coefficient (Wildman–Crippen LogP) is 2.39. The molecule has 4 heteroatoms. The molecule has 0 bridgehead atoms. The molecule has 98 valence electrons. The van der Waals surface area contributed by atoms with Crippen LogP contribution in [0.2, 0.25) is 0 Å². The van der Waals surface area contributed by atoms with Crippen LogP contribution in [0.4, 0.5) is 4.79 Å². The molecule has 0 unspecified atom stereocenters. The first kappa shape index (κ1) is 12.7. The van der Waals surface area contributed by atoms with Gasteiger partial charge in [-0.2, -0.15) is 0 Å². The third-order valence-corrected chi connectivity index (χ3v) is 3.20. The smallest absolute Gasteiger partial charge is 0.320 e. The highest BCUT2D eigenvalue weighted by Gasteiger charge is 2.17. The number of carbonyl (C=O) groups excluding carboxylic acids is 1. The zero-order valence-electron chi connectivity index (χ0n) is 10.8. The molecule has 1 fully saturated rings. The van der Waals surface area contributed by atoms with Gasteiger partial charge < -0.3 is 15.0 Å². The predicted molar refractivity (Wildman–Crippen MR) is 70.7 cm³/mol. The molecule has 0 aromatic heterocycles. The number of hydrogen-bond donors (Lipinski definition) is 1. The van der Waals surface area contributed by atoms with Crippen LogP contribution in [0.5, 0.6) is 5.75 Å². The van der Waals surface area contributed by atoms with Gasteiger partial charge in [0.2, 0.25) is 0 Å². The highest BCUT2D eigenvalue weighted by atomic mass is 16.5. The van der Waals surface area contributed by atoms with Crippen molar-refractivity contribution in [2.45, 2.75) is 26.2 Å². The summed E-state index contributed by atoms with van der Waals surface area (Å²) in [7, 11) is 0. The number of likely N-dealkylation sites (tertiary alicyclic amines) is 1. The fourth-order valence-electron chi connectivity index (χ4n) is 2.14. The third kappa shape index (κ3) is 3.15. The highest BCUT2D eigenvalue weighted by Crippen LogP contribution is 2.17. The Morgan fingerprint density at radius 1 is 1.33 bits per heavy atom. The van der Waals surface area contributed by atoms with Gasteiger partial charge in [0.1, 0.15) is 5.75 Å². The molecule has 18 heavy (non-hydrogen) atoms. The normalized spacial score (nSPS) is 14.6. The molecule has 1 aliphatic rings. The van der Waals surface area contributed by atoms with E-state index in [0.717, 1.165) is 43.7 Å². The van der Waals surface area contributed by atoms with Crippen LogP contribution < -0.4 is 10.1 Å². The van der Waals surface area contributed by atoms with E-state index < -0.39 is 0 Å². The minimum Gasteiger partial charge on any atom is -0.473 e. The number of ether oxygens (including phenoxy) is 1. The van der Waals surface area contributed by atoms with Crippen molar-refractivity contribution in [2.75, 3.05) is 19.8 Å². The maximum absolute atomic E-state index is 11.7. The summed E-state index contributed by atoms with van der Waals surface area (Å²) in [6, 6.07) is 7.88. The summed E-state index contributed by atoms with van der Waals surface area (Å²) < 4.78 is 5.60. The van der Waals surface area contributed by atoms with Crippen molar-refractivity contribution in [3.05, 3.63) is 29.8 Å². The van der Waals surface area contributed by atoms with Crippen LogP contribution >= 0.6 is 0 Å². The first-order chi connectivity index (χ1) is 8.81. The molecule has 1 N–H and O–H groups in total. The number of para-hydroxylation sites is 1. The summed E-state index contributed by atoms with van der Waals surface area (Å²) in [5.74, 6) is 0.849. The average Bonchev–Trinajstić information content (AvgIpc) is 2.93. The molecular formula is C14H20N2O2. The number of nitrogens with one attached hydrogen (secondary N) is 1. The van der Waals surface area contributed by atoms with E-state index in [4.69, 9.17) is 4.74 Å². The molecule has 1 aromatic carbocycles. The summed E-state index contributed by atoms with van der Waals surface area (Å²) >= 11 is 0.